The zero-order chi connectivity index (χ0) is 8.39. The largest absolute Gasteiger partial charge is 0.392 e. The summed E-state index contributed by atoms with van der Waals surface area (Å²) in [6.07, 6.45) is 3.35. The molecule has 2 rings (SSSR count). The van der Waals surface area contributed by atoms with Crippen molar-refractivity contribution in [2.45, 2.75) is 31.4 Å². The molecule has 0 aliphatic carbocycles. The Morgan fingerprint density at radius 1 is 1.33 bits per heavy atom. The Hall–Kier alpha value is -0.120. The second kappa shape index (κ2) is 3.73. The van der Waals surface area contributed by atoms with Crippen LogP contribution in [-0.4, -0.2) is 48.3 Å². The second-order valence-corrected chi connectivity index (χ2v) is 3.94. The van der Waals surface area contributed by atoms with Crippen LogP contribution >= 0.6 is 0 Å². The fourth-order valence-electron chi connectivity index (χ4n) is 2.27. The van der Waals surface area contributed by atoms with Crippen LogP contribution in [0.25, 0.3) is 0 Å². The summed E-state index contributed by atoms with van der Waals surface area (Å²) in [5.41, 5.74) is 0. The highest BCUT2D eigenvalue weighted by Gasteiger charge is 2.26. The number of piperidine rings is 1. The molecule has 2 aliphatic heterocycles. The zero-order valence-corrected chi connectivity index (χ0v) is 7.50. The van der Waals surface area contributed by atoms with E-state index in [2.05, 4.69) is 10.2 Å². The van der Waals surface area contributed by atoms with E-state index in [0.29, 0.717) is 6.04 Å². The predicted octanol–water partition coefficient (Wildman–Crippen LogP) is -0.195. The van der Waals surface area contributed by atoms with Gasteiger partial charge in [-0.25, -0.2) is 0 Å². The first-order valence-corrected chi connectivity index (χ1v) is 4.99. The number of likely N-dealkylation sites (tertiary alicyclic amines) is 1. The molecule has 0 amide bonds. The SMILES string of the molecule is O[C@H]1CCCN([C@H]2CCNC2)C1. The molecular formula is C9H18N2O. The van der Waals surface area contributed by atoms with Gasteiger partial charge in [0.1, 0.15) is 0 Å². The lowest BCUT2D eigenvalue weighted by atomic mass is 10.1. The van der Waals surface area contributed by atoms with Crippen LogP contribution in [-0.2, 0) is 0 Å². The van der Waals surface area contributed by atoms with Gasteiger partial charge >= 0.3 is 0 Å². The van der Waals surface area contributed by atoms with Crippen molar-refractivity contribution in [3.63, 3.8) is 0 Å². The van der Waals surface area contributed by atoms with Crippen LogP contribution in [0.5, 0.6) is 0 Å². The molecule has 0 aromatic carbocycles. The van der Waals surface area contributed by atoms with Crippen LogP contribution in [0.2, 0.25) is 0 Å². The Kier molecular flexibility index (Phi) is 2.63. The molecule has 0 aromatic heterocycles. The first kappa shape index (κ1) is 8.48. The highest BCUT2D eigenvalue weighted by Crippen LogP contribution is 2.16. The Morgan fingerprint density at radius 2 is 2.25 bits per heavy atom. The van der Waals surface area contributed by atoms with Gasteiger partial charge in [0, 0.05) is 19.1 Å². The minimum absolute atomic E-state index is 0.0700. The average Bonchev–Trinajstić information content (AvgIpc) is 2.56. The quantitative estimate of drug-likeness (QED) is 0.572. The highest BCUT2D eigenvalue weighted by atomic mass is 16.3. The van der Waals surface area contributed by atoms with E-state index >= 15 is 0 Å². The average molecular weight is 170 g/mol. The van der Waals surface area contributed by atoms with Crippen LogP contribution in [0, 0.1) is 0 Å². The van der Waals surface area contributed by atoms with E-state index in [9.17, 15) is 5.11 Å². The standard InChI is InChI=1S/C9H18N2O/c12-9-2-1-5-11(7-9)8-3-4-10-6-8/h8-10,12H,1-7H2/t8-,9-/m0/s1. The number of nitrogens with zero attached hydrogens (tertiary/aromatic N) is 1. The number of hydrogen-bond acceptors (Lipinski definition) is 3. The van der Waals surface area contributed by atoms with Gasteiger partial charge in [0.15, 0.2) is 0 Å². The molecule has 3 nitrogen and oxygen atoms in total. The Balaban J connectivity index is 1.85. The topological polar surface area (TPSA) is 35.5 Å². The third kappa shape index (κ3) is 1.79. The molecule has 0 radical (unpaired) electrons. The van der Waals surface area contributed by atoms with Gasteiger partial charge in [0.25, 0.3) is 0 Å². The maximum absolute atomic E-state index is 9.48. The lowest BCUT2D eigenvalue weighted by Crippen LogP contribution is -2.45. The van der Waals surface area contributed by atoms with Crippen molar-refractivity contribution in [2.75, 3.05) is 26.2 Å². The monoisotopic (exact) mass is 170 g/mol. The second-order valence-electron chi connectivity index (χ2n) is 3.94. The molecule has 12 heavy (non-hydrogen) atoms. The number of aliphatic hydroxyl groups is 1. The fraction of sp³-hybridized carbons (Fsp3) is 1.00. The number of β-amino-alcohol motifs (C(OH)–C–C–N with tert-alkyl or cyclic N) is 1. The van der Waals surface area contributed by atoms with Crippen LogP contribution in [0.3, 0.4) is 0 Å². The molecule has 2 aliphatic rings. The third-order valence-electron chi connectivity index (χ3n) is 2.98. The minimum Gasteiger partial charge on any atom is -0.392 e. The molecule has 0 spiro atoms. The molecule has 2 atom stereocenters. The molecule has 0 unspecified atom stereocenters. The number of rotatable bonds is 1. The van der Waals surface area contributed by atoms with Gasteiger partial charge in [-0.2, -0.15) is 0 Å². The molecule has 0 saturated carbocycles. The predicted molar refractivity (Wildman–Crippen MR) is 48.1 cm³/mol. The van der Waals surface area contributed by atoms with Gasteiger partial charge in [-0.15, -0.1) is 0 Å². The van der Waals surface area contributed by atoms with Crippen LogP contribution in [0.1, 0.15) is 19.3 Å². The number of nitrogens with one attached hydrogen (secondary N) is 1. The van der Waals surface area contributed by atoms with Gasteiger partial charge < -0.3 is 10.4 Å². The lowest BCUT2D eigenvalue weighted by molar-refractivity contribution is 0.0509. The first-order valence-electron chi connectivity index (χ1n) is 4.99. The van der Waals surface area contributed by atoms with Gasteiger partial charge in [0.05, 0.1) is 6.10 Å². The molecule has 0 bridgehead atoms. The third-order valence-corrected chi connectivity index (χ3v) is 2.98. The van der Waals surface area contributed by atoms with Gasteiger partial charge in [-0.1, -0.05) is 0 Å². The summed E-state index contributed by atoms with van der Waals surface area (Å²) in [6.45, 7) is 4.35. The molecule has 2 N–H and O–H groups in total. The van der Waals surface area contributed by atoms with Gasteiger partial charge in [-0.3, -0.25) is 4.90 Å². The van der Waals surface area contributed by atoms with Gasteiger partial charge in [0.2, 0.25) is 0 Å². The van der Waals surface area contributed by atoms with Crippen molar-refractivity contribution < 1.29 is 5.11 Å². The maximum Gasteiger partial charge on any atom is 0.0667 e. The number of hydrogen-bond donors (Lipinski definition) is 2. The molecule has 2 saturated heterocycles. The zero-order valence-electron chi connectivity index (χ0n) is 7.50. The molecule has 0 aromatic rings. The van der Waals surface area contributed by atoms with E-state index < -0.39 is 0 Å². The Bertz CT molecular complexity index is 145. The summed E-state index contributed by atoms with van der Waals surface area (Å²) in [7, 11) is 0. The molecule has 2 heterocycles. The summed E-state index contributed by atoms with van der Waals surface area (Å²) in [5.74, 6) is 0. The van der Waals surface area contributed by atoms with E-state index in [1.807, 2.05) is 0 Å². The smallest absolute Gasteiger partial charge is 0.0667 e. The van der Waals surface area contributed by atoms with Crippen molar-refractivity contribution in [3.8, 4) is 0 Å². The first-order chi connectivity index (χ1) is 5.86. The minimum atomic E-state index is -0.0700. The molecule has 2 fully saturated rings. The van der Waals surface area contributed by atoms with Crippen LogP contribution < -0.4 is 5.32 Å². The highest BCUT2D eigenvalue weighted by molar-refractivity contribution is 4.84. The molecular weight excluding hydrogens is 152 g/mol. The van der Waals surface area contributed by atoms with E-state index in [0.717, 1.165) is 32.5 Å². The Morgan fingerprint density at radius 3 is 2.92 bits per heavy atom. The normalized spacial score (nSPS) is 38.8. The molecule has 3 heteroatoms. The summed E-state index contributed by atoms with van der Waals surface area (Å²) < 4.78 is 0. The van der Waals surface area contributed by atoms with Crippen molar-refractivity contribution in [3.05, 3.63) is 0 Å². The summed E-state index contributed by atoms with van der Waals surface area (Å²) in [6, 6.07) is 0.694. The van der Waals surface area contributed by atoms with E-state index in [-0.39, 0.29) is 6.10 Å². The number of aliphatic hydroxyl groups excluding tert-OH is 1. The van der Waals surface area contributed by atoms with Crippen molar-refractivity contribution in [2.24, 2.45) is 0 Å². The van der Waals surface area contributed by atoms with Crippen molar-refractivity contribution in [1.29, 1.82) is 0 Å². The summed E-state index contributed by atoms with van der Waals surface area (Å²) in [4.78, 5) is 2.44. The van der Waals surface area contributed by atoms with E-state index in [4.69, 9.17) is 0 Å². The van der Waals surface area contributed by atoms with E-state index in [1.165, 1.54) is 13.0 Å². The van der Waals surface area contributed by atoms with Crippen LogP contribution in [0.4, 0.5) is 0 Å². The van der Waals surface area contributed by atoms with Gasteiger partial charge in [-0.05, 0) is 32.4 Å². The lowest BCUT2D eigenvalue weighted by Gasteiger charge is -2.34. The van der Waals surface area contributed by atoms with Crippen molar-refractivity contribution in [1.82, 2.24) is 10.2 Å². The fourth-order valence-corrected chi connectivity index (χ4v) is 2.27. The van der Waals surface area contributed by atoms with E-state index in [1.54, 1.807) is 0 Å². The summed E-state index contributed by atoms with van der Waals surface area (Å²) >= 11 is 0. The Labute approximate surface area is 73.8 Å². The van der Waals surface area contributed by atoms with Crippen LogP contribution in [0.15, 0.2) is 0 Å². The maximum atomic E-state index is 9.48. The molecule has 70 valence electrons. The van der Waals surface area contributed by atoms with Crippen molar-refractivity contribution >= 4 is 0 Å². The summed E-state index contributed by atoms with van der Waals surface area (Å²) in [5, 5.41) is 12.8.